The van der Waals surface area contributed by atoms with Gasteiger partial charge in [0.15, 0.2) is 0 Å². The molecule has 0 aliphatic rings. The van der Waals surface area contributed by atoms with Gasteiger partial charge < -0.3 is 5.11 Å². The van der Waals surface area contributed by atoms with Gasteiger partial charge in [0, 0.05) is 5.56 Å². The zero-order valence-electron chi connectivity index (χ0n) is 9.64. The van der Waals surface area contributed by atoms with Crippen LogP contribution in [0, 0.1) is 0 Å². The van der Waals surface area contributed by atoms with E-state index in [0.717, 1.165) is 16.7 Å². The Balaban J connectivity index is 2.45. The van der Waals surface area contributed by atoms with Crippen LogP contribution in [0.15, 0.2) is 48.5 Å². The summed E-state index contributed by atoms with van der Waals surface area (Å²) in [5.74, 6) is 0.799. The lowest BCUT2D eigenvalue weighted by Crippen LogP contribution is -1.87. The maximum atomic E-state index is 9.99. The first-order valence-electron chi connectivity index (χ1n) is 5.57. The predicted molar refractivity (Wildman–Crippen MR) is 67.6 cm³/mol. The van der Waals surface area contributed by atoms with Crippen molar-refractivity contribution in [2.75, 3.05) is 0 Å². The highest BCUT2D eigenvalue weighted by Gasteiger charge is 2.06. The topological polar surface area (TPSA) is 20.2 Å². The normalized spacial score (nSPS) is 10.7. The highest BCUT2D eigenvalue weighted by atomic mass is 16.3. The first-order valence-corrected chi connectivity index (χ1v) is 5.57. The molecule has 0 bridgehead atoms. The number of hydrogen-bond donors (Lipinski definition) is 1. The third-order valence-electron chi connectivity index (χ3n) is 2.77. The molecule has 0 atom stereocenters. The van der Waals surface area contributed by atoms with Crippen molar-refractivity contribution in [2.24, 2.45) is 0 Å². The minimum Gasteiger partial charge on any atom is -0.507 e. The van der Waals surface area contributed by atoms with Crippen LogP contribution < -0.4 is 0 Å². The largest absolute Gasteiger partial charge is 0.507 e. The third-order valence-corrected chi connectivity index (χ3v) is 2.77. The molecule has 1 nitrogen and oxygen atoms in total. The molecule has 0 unspecified atom stereocenters. The van der Waals surface area contributed by atoms with E-state index in [9.17, 15) is 5.11 Å². The minimum atomic E-state index is 0.359. The standard InChI is InChI=1S/C15H16O/c1-11(2)13-8-9-14(15(16)10-13)12-6-4-3-5-7-12/h3-11,16H,1-2H3. The van der Waals surface area contributed by atoms with Gasteiger partial charge in [0.2, 0.25) is 0 Å². The van der Waals surface area contributed by atoms with Crippen LogP contribution in [0.5, 0.6) is 5.75 Å². The summed E-state index contributed by atoms with van der Waals surface area (Å²) < 4.78 is 0. The molecule has 0 aliphatic carbocycles. The Morgan fingerprint density at radius 2 is 1.62 bits per heavy atom. The van der Waals surface area contributed by atoms with Crippen molar-refractivity contribution in [1.29, 1.82) is 0 Å². The molecule has 0 aromatic heterocycles. The van der Waals surface area contributed by atoms with Crippen LogP contribution in [-0.2, 0) is 0 Å². The molecular formula is C15H16O. The molecule has 0 radical (unpaired) electrons. The molecule has 1 N–H and O–H groups in total. The van der Waals surface area contributed by atoms with E-state index in [-0.39, 0.29) is 0 Å². The third kappa shape index (κ3) is 2.08. The maximum Gasteiger partial charge on any atom is 0.123 e. The summed E-state index contributed by atoms with van der Waals surface area (Å²) in [4.78, 5) is 0. The maximum absolute atomic E-state index is 9.99. The Labute approximate surface area is 96.4 Å². The molecule has 2 aromatic rings. The summed E-state index contributed by atoms with van der Waals surface area (Å²) in [5.41, 5.74) is 3.11. The highest BCUT2D eigenvalue weighted by Crippen LogP contribution is 2.31. The van der Waals surface area contributed by atoms with Crippen LogP contribution >= 0.6 is 0 Å². The van der Waals surface area contributed by atoms with E-state index in [1.54, 1.807) is 0 Å². The number of benzene rings is 2. The average molecular weight is 212 g/mol. The van der Waals surface area contributed by atoms with Crippen molar-refractivity contribution >= 4 is 0 Å². The fourth-order valence-corrected chi connectivity index (χ4v) is 1.77. The van der Waals surface area contributed by atoms with Crippen LogP contribution in [0.2, 0.25) is 0 Å². The molecular weight excluding hydrogens is 196 g/mol. The van der Waals surface area contributed by atoms with Crippen molar-refractivity contribution < 1.29 is 5.11 Å². The summed E-state index contributed by atoms with van der Waals surface area (Å²) in [6.07, 6.45) is 0. The number of rotatable bonds is 2. The Kier molecular flexibility index (Phi) is 2.95. The van der Waals surface area contributed by atoms with Crippen molar-refractivity contribution in [3.05, 3.63) is 54.1 Å². The summed E-state index contributed by atoms with van der Waals surface area (Å²) in [7, 11) is 0. The van der Waals surface area contributed by atoms with Gasteiger partial charge in [-0.05, 0) is 23.1 Å². The van der Waals surface area contributed by atoms with Gasteiger partial charge in [0.25, 0.3) is 0 Å². The van der Waals surface area contributed by atoms with Gasteiger partial charge in [0.05, 0.1) is 0 Å². The van der Waals surface area contributed by atoms with Gasteiger partial charge in [-0.2, -0.15) is 0 Å². The lowest BCUT2D eigenvalue weighted by molar-refractivity contribution is 0.476. The van der Waals surface area contributed by atoms with Crippen molar-refractivity contribution in [3.63, 3.8) is 0 Å². The van der Waals surface area contributed by atoms with Crippen molar-refractivity contribution in [2.45, 2.75) is 19.8 Å². The second-order valence-corrected chi connectivity index (χ2v) is 4.30. The van der Waals surface area contributed by atoms with E-state index in [0.29, 0.717) is 11.7 Å². The number of hydrogen-bond acceptors (Lipinski definition) is 1. The first-order chi connectivity index (χ1) is 7.68. The zero-order chi connectivity index (χ0) is 11.5. The van der Waals surface area contributed by atoms with E-state index in [4.69, 9.17) is 0 Å². The van der Waals surface area contributed by atoms with E-state index in [2.05, 4.69) is 19.9 Å². The molecule has 82 valence electrons. The summed E-state index contributed by atoms with van der Waals surface area (Å²) in [6, 6.07) is 15.9. The molecule has 0 heterocycles. The van der Waals surface area contributed by atoms with E-state index in [1.165, 1.54) is 0 Å². The van der Waals surface area contributed by atoms with Gasteiger partial charge in [-0.25, -0.2) is 0 Å². The Hall–Kier alpha value is -1.76. The van der Waals surface area contributed by atoms with Gasteiger partial charge in [-0.3, -0.25) is 0 Å². The van der Waals surface area contributed by atoms with Crippen LogP contribution in [-0.4, -0.2) is 5.11 Å². The molecule has 0 saturated carbocycles. The van der Waals surface area contributed by atoms with Crippen LogP contribution in [0.1, 0.15) is 25.3 Å². The zero-order valence-corrected chi connectivity index (χ0v) is 9.64. The molecule has 1 heteroatoms. The van der Waals surface area contributed by atoms with Crippen LogP contribution in [0.25, 0.3) is 11.1 Å². The molecule has 0 amide bonds. The Bertz CT molecular complexity index is 472. The fraction of sp³-hybridized carbons (Fsp3) is 0.200. The quantitative estimate of drug-likeness (QED) is 0.791. The molecule has 0 saturated heterocycles. The first kappa shape index (κ1) is 10.7. The monoisotopic (exact) mass is 212 g/mol. The number of phenolic OH excluding ortho intramolecular Hbond substituents is 1. The minimum absolute atomic E-state index is 0.359. The molecule has 2 rings (SSSR count). The van der Waals surface area contributed by atoms with Crippen LogP contribution in [0.4, 0.5) is 0 Å². The number of aromatic hydroxyl groups is 1. The van der Waals surface area contributed by atoms with Gasteiger partial charge in [-0.1, -0.05) is 56.3 Å². The van der Waals surface area contributed by atoms with E-state index >= 15 is 0 Å². The molecule has 0 spiro atoms. The average Bonchev–Trinajstić information content (AvgIpc) is 2.30. The Morgan fingerprint density at radius 3 is 2.19 bits per heavy atom. The second-order valence-electron chi connectivity index (χ2n) is 4.30. The van der Waals surface area contributed by atoms with Gasteiger partial charge in [0.1, 0.15) is 5.75 Å². The van der Waals surface area contributed by atoms with Gasteiger partial charge >= 0.3 is 0 Å². The van der Waals surface area contributed by atoms with Gasteiger partial charge in [-0.15, -0.1) is 0 Å². The van der Waals surface area contributed by atoms with Crippen LogP contribution in [0.3, 0.4) is 0 Å². The van der Waals surface area contributed by atoms with E-state index < -0.39 is 0 Å². The molecule has 16 heavy (non-hydrogen) atoms. The lowest BCUT2D eigenvalue weighted by Gasteiger charge is -2.09. The van der Waals surface area contributed by atoms with E-state index in [1.807, 2.05) is 42.5 Å². The SMILES string of the molecule is CC(C)c1ccc(-c2ccccc2)c(O)c1. The smallest absolute Gasteiger partial charge is 0.123 e. The highest BCUT2D eigenvalue weighted by molar-refractivity contribution is 5.70. The van der Waals surface area contributed by atoms with Crippen molar-refractivity contribution in [3.8, 4) is 16.9 Å². The Morgan fingerprint density at radius 1 is 0.938 bits per heavy atom. The summed E-state index contributed by atoms with van der Waals surface area (Å²) >= 11 is 0. The summed E-state index contributed by atoms with van der Waals surface area (Å²) in [6.45, 7) is 4.24. The fourth-order valence-electron chi connectivity index (χ4n) is 1.77. The summed E-state index contributed by atoms with van der Waals surface area (Å²) in [5, 5.41) is 9.99. The lowest BCUT2D eigenvalue weighted by atomic mass is 9.98. The second kappa shape index (κ2) is 4.40. The molecule has 0 fully saturated rings. The van der Waals surface area contributed by atoms with Crippen molar-refractivity contribution in [1.82, 2.24) is 0 Å². The molecule has 0 aliphatic heterocycles. The predicted octanol–water partition coefficient (Wildman–Crippen LogP) is 4.18. The molecule has 2 aromatic carbocycles. The number of phenols is 1.